The molecule has 0 radical (unpaired) electrons. The third-order valence-corrected chi connectivity index (χ3v) is 3.79. The molecule has 15 heavy (non-hydrogen) atoms. The van der Waals surface area contributed by atoms with E-state index in [4.69, 9.17) is 0 Å². The molecule has 0 fully saturated rings. The molecule has 0 unspecified atom stereocenters. The van der Waals surface area contributed by atoms with Gasteiger partial charge in [0.15, 0.2) is 0 Å². The molecular weight excluding hydrogens is 248 g/mol. The van der Waals surface area contributed by atoms with Crippen molar-refractivity contribution in [3.63, 3.8) is 0 Å². The Morgan fingerprint density at radius 1 is 0.800 bits per heavy atom. The Balaban J connectivity index is 2.56. The van der Waals surface area contributed by atoms with Crippen molar-refractivity contribution >= 4 is 15.9 Å². The van der Waals surface area contributed by atoms with Gasteiger partial charge in [0, 0.05) is 4.47 Å². The Labute approximate surface area is 99.1 Å². The Kier molecular flexibility index (Phi) is 2.92. The van der Waals surface area contributed by atoms with Gasteiger partial charge in [-0.05, 0) is 36.1 Å². The Morgan fingerprint density at radius 3 is 1.87 bits per heavy atom. The fourth-order valence-electron chi connectivity index (χ4n) is 1.74. The number of rotatable bonds is 1. The van der Waals surface area contributed by atoms with Gasteiger partial charge < -0.3 is 0 Å². The predicted octanol–water partition coefficient (Wildman–Crippen LogP) is 4.73. The number of benzene rings is 2. The molecule has 2 aromatic carbocycles. The van der Waals surface area contributed by atoms with Gasteiger partial charge in [0.1, 0.15) is 0 Å². The maximum Gasteiger partial charge on any atom is 0.0234 e. The SMILES string of the molecule is Cc1cc(-c2ccccc2)cc(C)c1Br. The van der Waals surface area contributed by atoms with E-state index >= 15 is 0 Å². The van der Waals surface area contributed by atoms with Crippen LogP contribution >= 0.6 is 15.9 Å². The number of aryl methyl sites for hydroxylation is 2. The van der Waals surface area contributed by atoms with Crippen molar-refractivity contribution < 1.29 is 0 Å². The summed E-state index contributed by atoms with van der Waals surface area (Å²) in [6, 6.07) is 14.9. The van der Waals surface area contributed by atoms with Crippen molar-refractivity contribution in [2.45, 2.75) is 13.8 Å². The predicted molar refractivity (Wildman–Crippen MR) is 69.1 cm³/mol. The van der Waals surface area contributed by atoms with Gasteiger partial charge in [0.05, 0.1) is 0 Å². The Morgan fingerprint density at radius 2 is 1.33 bits per heavy atom. The zero-order valence-electron chi connectivity index (χ0n) is 8.92. The van der Waals surface area contributed by atoms with E-state index in [-0.39, 0.29) is 0 Å². The summed E-state index contributed by atoms with van der Waals surface area (Å²) in [5.41, 5.74) is 5.13. The van der Waals surface area contributed by atoms with E-state index in [1.165, 1.54) is 26.7 Å². The van der Waals surface area contributed by atoms with Crippen LogP contribution in [-0.4, -0.2) is 0 Å². The van der Waals surface area contributed by atoms with Crippen LogP contribution < -0.4 is 0 Å². The first-order valence-corrected chi connectivity index (χ1v) is 5.80. The highest BCUT2D eigenvalue weighted by Crippen LogP contribution is 2.28. The molecule has 0 aliphatic rings. The molecule has 0 aliphatic heterocycles. The summed E-state index contributed by atoms with van der Waals surface area (Å²) in [6.07, 6.45) is 0. The summed E-state index contributed by atoms with van der Waals surface area (Å²) in [4.78, 5) is 0. The van der Waals surface area contributed by atoms with Gasteiger partial charge in [-0.3, -0.25) is 0 Å². The maximum atomic E-state index is 3.59. The second-order valence-corrected chi connectivity index (χ2v) is 4.58. The number of hydrogen-bond donors (Lipinski definition) is 0. The lowest BCUT2D eigenvalue weighted by Gasteiger charge is -2.07. The highest BCUT2D eigenvalue weighted by molar-refractivity contribution is 9.10. The minimum absolute atomic E-state index is 1.21. The minimum atomic E-state index is 1.21. The fraction of sp³-hybridized carbons (Fsp3) is 0.143. The highest BCUT2D eigenvalue weighted by atomic mass is 79.9. The quantitative estimate of drug-likeness (QED) is 0.696. The number of halogens is 1. The molecule has 0 atom stereocenters. The van der Waals surface area contributed by atoms with Gasteiger partial charge in [-0.15, -0.1) is 0 Å². The van der Waals surface area contributed by atoms with E-state index in [0.29, 0.717) is 0 Å². The Hall–Kier alpha value is -1.08. The number of hydrogen-bond acceptors (Lipinski definition) is 0. The second-order valence-electron chi connectivity index (χ2n) is 3.79. The molecule has 76 valence electrons. The van der Waals surface area contributed by atoms with Gasteiger partial charge in [-0.25, -0.2) is 0 Å². The Bertz CT molecular complexity index is 449. The van der Waals surface area contributed by atoms with Crippen LogP contribution in [0.5, 0.6) is 0 Å². The summed E-state index contributed by atoms with van der Waals surface area (Å²) in [5, 5.41) is 0. The van der Waals surface area contributed by atoms with Crippen molar-refractivity contribution in [1.29, 1.82) is 0 Å². The topological polar surface area (TPSA) is 0 Å². The van der Waals surface area contributed by atoms with E-state index in [0.717, 1.165) is 0 Å². The summed E-state index contributed by atoms with van der Waals surface area (Å²) in [5.74, 6) is 0. The third-order valence-electron chi connectivity index (χ3n) is 2.54. The van der Waals surface area contributed by atoms with Crippen molar-refractivity contribution in [3.05, 3.63) is 58.1 Å². The lowest BCUT2D eigenvalue weighted by Crippen LogP contribution is -1.85. The maximum absolute atomic E-state index is 3.59. The largest absolute Gasteiger partial charge is 0.0622 e. The molecule has 0 heterocycles. The highest BCUT2D eigenvalue weighted by Gasteiger charge is 2.03. The van der Waals surface area contributed by atoms with E-state index in [9.17, 15) is 0 Å². The average Bonchev–Trinajstić information content (AvgIpc) is 2.26. The van der Waals surface area contributed by atoms with Crippen LogP contribution in [0.15, 0.2) is 46.9 Å². The molecule has 2 aromatic rings. The normalized spacial score (nSPS) is 10.3. The standard InChI is InChI=1S/C14H13Br/c1-10-8-13(9-11(2)14(10)15)12-6-4-3-5-7-12/h3-9H,1-2H3. The third kappa shape index (κ3) is 2.13. The molecule has 0 aromatic heterocycles. The van der Waals surface area contributed by atoms with Crippen molar-refractivity contribution in [3.8, 4) is 11.1 Å². The van der Waals surface area contributed by atoms with Crippen LogP contribution in [-0.2, 0) is 0 Å². The molecule has 0 saturated carbocycles. The smallest absolute Gasteiger partial charge is 0.0234 e. The van der Waals surface area contributed by atoms with Crippen LogP contribution in [0.4, 0.5) is 0 Å². The van der Waals surface area contributed by atoms with Gasteiger partial charge in [-0.2, -0.15) is 0 Å². The monoisotopic (exact) mass is 260 g/mol. The van der Waals surface area contributed by atoms with Gasteiger partial charge in [0.2, 0.25) is 0 Å². The molecule has 1 heteroatoms. The van der Waals surface area contributed by atoms with Crippen molar-refractivity contribution in [1.82, 2.24) is 0 Å². The summed E-state index contributed by atoms with van der Waals surface area (Å²) in [6.45, 7) is 4.26. The van der Waals surface area contributed by atoms with Gasteiger partial charge in [-0.1, -0.05) is 58.4 Å². The van der Waals surface area contributed by atoms with Crippen LogP contribution in [0, 0.1) is 13.8 Å². The molecule has 0 saturated heterocycles. The van der Waals surface area contributed by atoms with E-state index in [1.54, 1.807) is 0 Å². The fourth-order valence-corrected chi connectivity index (χ4v) is 1.97. The zero-order valence-corrected chi connectivity index (χ0v) is 10.5. The molecule has 2 rings (SSSR count). The lowest BCUT2D eigenvalue weighted by molar-refractivity contribution is 1.34. The van der Waals surface area contributed by atoms with Gasteiger partial charge in [0.25, 0.3) is 0 Å². The summed E-state index contributed by atoms with van der Waals surface area (Å²) >= 11 is 3.59. The summed E-state index contributed by atoms with van der Waals surface area (Å²) < 4.78 is 1.21. The first-order valence-electron chi connectivity index (χ1n) is 5.00. The molecular formula is C14H13Br. The van der Waals surface area contributed by atoms with E-state index in [1.807, 2.05) is 6.07 Å². The average molecular weight is 261 g/mol. The van der Waals surface area contributed by atoms with Crippen LogP contribution in [0.3, 0.4) is 0 Å². The first kappa shape index (κ1) is 10.4. The molecule has 0 N–H and O–H groups in total. The van der Waals surface area contributed by atoms with Crippen LogP contribution in [0.1, 0.15) is 11.1 Å². The van der Waals surface area contributed by atoms with Crippen LogP contribution in [0.25, 0.3) is 11.1 Å². The summed E-state index contributed by atoms with van der Waals surface area (Å²) in [7, 11) is 0. The molecule has 0 aliphatic carbocycles. The van der Waals surface area contributed by atoms with Gasteiger partial charge >= 0.3 is 0 Å². The lowest BCUT2D eigenvalue weighted by atomic mass is 10.0. The van der Waals surface area contributed by atoms with Crippen molar-refractivity contribution in [2.75, 3.05) is 0 Å². The molecule has 0 amide bonds. The van der Waals surface area contributed by atoms with E-state index in [2.05, 4.69) is 66.2 Å². The first-order chi connectivity index (χ1) is 7.18. The second kappa shape index (κ2) is 4.19. The minimum Gasteiger partial charge on any atom is -0.0622 e. The molecule has 0 bridgehead atoms. The molecule has 0 spiro atoms. The zero-order chi connectivity index (χ0) is 10.8. The van der Waals surface area contributed by atoms with Crippen LogP contribution in [0.2, 0.25) is 0 Å². The van der Waals surface area contributed by atoms with E-state index < -0.39 is 0 Å². The van der Waals surface area contributed by atoms with Crippen molar-refractivity contribution in [2.24, 2.45) is 0 Å². The molecule has 0 nitrogen and oxygen atoms in total.